The van der Waals surface area contributed by atoms with Crippen molar-refractivity contribution in [3.8, 4) is 0 Å². The van der Waals surface area contributed by atoms with Gasteiger partial charge in [0.25, 0.3) is 0 Å². The summed E-state index contributed by atoms with van der Waals surface area (Å²) in [5, 5.41) is 8.84. The minimum absolute atomic E-state index is 0.0811. The Morgan fingerprint density at radius 3 is 2.21 bits per heavy atom. The quantitative estimate of drug-likeness (QED) is 0.724. The number of rotatable bonds is 8. The number of hydrogen-bond acceptors (Lipinski definition) is 3. The van der Waals surface area contributed by atoms with Gasteiger partial charge < -0.3 is 14.7 Å². The summed E-state index contributed by atoms with van der Waals surface area (Å²) in [5.41, 5.74) is -0.216. The van der Waals surface area contributed by atoms with E-state index < -0.39 is 5.97 Å². The number of aliphatic carboxylic acids is 1. The summed E-state index contributed by atoms with van der Waals surface area (Å²) in [4.78, 5) is 25.1. The Labute approximate surface area is 147 Å². The second-order valence-corrected chi connectivity index (χ2v) is 8.06. The molecule has 0 aromatic heterocycles. The third-order valence-electron chi connectivity index (χ3n) is 4.43. The normalized spacial score (nSPS) is 18.1. The molecule has 0 saturated carbocycles. The van der Waals surface area contributed by atoms with Crippen molar-refractivity contribution in [3.63, 3.8) is 0 Å². The van der Waals surface area contributed by atoms with Crippen molar-refractivity contribution in [2.24, 2.45) is 10.8 Å². The number of ether oxygens (including phenoxy) is 1. The van der Waals surface area contributed by atoms with Gasteiger partial charge >= 0.3 is 5.97 Å². The summed E-state index contributed by atoms with van der Waals surface area (Å²) in [6.07, 6.45) is 3.22. The maximum absolute atomic E-state index is 12.5. The van der Waals surface area contributed by atoms with Gasteiger partial charge in [-0.3, -0.25) is 9.59 Å². The molecule has 24 heavy (non-hydrogen) atoms. The average Bonchev–Trinajstić information content (AvgIpc) is 2.95. The summed E-state index contributed by atoms with van der Waals surface area (Å²) in [7, 11) is 1.69. The number of carbonyl (C=O) groups excluding carboxylic acids is 1. The van der Waals surface area contributed by atoms with Crippen molar-refractivity contribution < 1.29 is 19.4 Å². The minimum Gasteiger partial charge on any atom is -0.481 e. The molecule has 142 valence electrons. The first-order valence-electron chi connectivity index (χ1n) is 9.07. The summed E-state index contributed by atoms with van der Waals surface area (Å²) in [6, 6.07) is 0. The van der Waals surface area contributed by atoms with Gasteiger partial charge in [0.15, 0.2) is 0 Å². The number of methoxy groups -OCH3 is 1. The van der Waals surface area contributed by atoms with E-state index in [-0.39, 0.29) is 29.3 Å². The van der Waals surface area contributed by atoms with Crippen LogP contribution in [0.15, 0.2) is 0 Å². The molecule has 0 radical (unpaired) electrons. The van der Waals surface area contributed by atoms with Crippen LogP contribution in [0.1, 0.15) is 73.6 Å². The van der Waals surface area contributed by atoms with Crippen LogP contribution in [0, 0.1) is 10.8 Å². The second kappa shape index (κ2) is 10.0. The van der Waals surface area contributed by atoms with E-state index in [1.807, 2.05) is 18.7 Å². The standard InChI is InChI=1S/C17H31NO4.C2H6/c1-16(2,8-6-15(20)21)12-17(3,4)10-14(19)18-9-7-13(11-18)22-5;1-2/h13H,6-12H2,1-5H3,(H,20,21);1-2H3. The summed E-state index contributed by atoms with van der Waals surface area (Å²) in [5.74, 6) is -0.580. The lowest BCUT2D eigenvalue weighted by Gasteiger charge is -2.35. The zero-order valence-electron chi connectivity index (χ0n) is 16.6. The maximum Gasteiger partial charge on any atom is 0.303 e. The monoisotopic (exact) mass is 343 g/mol. The van der Waals surface area contributed by atoms with Crippen LogP contribution in [0.2, 0.25) is 0 Å². The smallest absolute Gasteiger partial charge is 0.303 e. The lowest BCUT2D eigenvalue weighted by molar-refractivity contribution is -0.138. The van der Waals surface area contributed by atoms with Crippen molar-refractivity contribution in [2.45, 2.75) is 79.8 Å². The van der Waals surface area contributed by atoms with Gasteiger partial charge in [-0.05, 0) is 30.1 Å². The molecule has 1 rings (SSSR count). The zero-order valence-corrected chi connectivity index (χ0v) is 16.6. The first kappa shape index (κ1) is 22.9. The largest absolute Gasteiger partial charge is 0.481 e. The highest BCUT2D eigenvalue weighted by Gasteiger charge is 2.34. The van der Waals surface area contributed by atoms with E-state index in [0.29, 0.717) is 19.4 Å². The highest BCUT2D eigenvalue weighted by atomic mass is 16.5. The topological polar surface area (TPSA) is 66.8 Å². The fraction of sp³-hybridized carbons (Fsp3) is 0.895. The first-order chi connectivity index (χ1) is 11.0. The lowest BCUT2D eigenvalue weighted by atomic mass is 9.71. The molecule has 0 aromatic carbocycles. The van der Waals surface area contributed by atoms with E-state index in [1.54, 1.807) is 7.11 Å². The maximum atomic E-state index is 12.5. The molecule has 1 fully saturated rings. The van der Waals surface area contributed by atoms with E-state index in [4.69, 9.17) is 9.84 Å². The Balaban J connectivity index is 0.00000254. The Morgan fingerprint density at radius 1 is 1.17 bits per heavy atom. The SMILES string of the molecule is CC.COC1CCN(C(=O)CC(C)(C)CC(C)(C)CCC(=O)O)C1. The van der Waals surface area contributed by atoms with Crippen LogP contribution < -0.4 is 0 Å². The number of hydrogen-bond donors (Lipinski definition) is 1. The number of carbonyl (C=O) groups is 2. The van der Waals surface area contributed by atoms with E-state index >= 15 is 0 Å². The van der Waals surface area contributed by atoms with Gasteiger partial charge in [-0.2, -0.15) is 0 Å². The van der Waals surface area contributed by atoms with Crippen LogP contribution in [0.5, 0.6) is 0 Å². The summed E-state index contributed by atoms with van der Waals surface area (Å²) >= 11 is 0. The van der Waals surface area contributed by atoms with Crippen LogP contribution in [-0.2, 0) is 14.3 Å². The molecule has 1 aliphatic rings. The van der Waals surface area contributed by atoms with Crippen LogP contribution >= 0.6 is 0 Å². The highest BCUT2D eigenvalue weighted by Crippen LogP contribution is 2.39. The number of carboxylic acids is 1. The van der Waals surface area contributed by atoms with Gasteiger partial charge in [0.2, 0.25) is 5.91 Å². The molecule has 1 aliphatic heterocycles. The molecule has 5 heteroatoms. The third kappa shape index (κ3) is 8.67. The van der Waals surface area contributed by atoms with Crippen LogP contribution in [-0.4, -0.2) is 48.2 Å². The van der Waals surface area contributed by atoms with E-state index in [9.17, 15) is 9.59 Å². The van der Waals surface area contributed by atoms with Gasteiger partial charge in [0, 0.05) is 33.0 Å². The summed E-state index contributed by atoms with van der Waals surface area (Å²) in [6.45, 7) is 13.8. The fourth-order valence-electron chi connectivity index (χ4n) is 3.56. The van der Waals surface area contributed by atoms with Crippen molar-refractivity contribution in [1.29, 1.82) is 0 Å². The van der Waals surface area contributed by atoms with Crippen molar-refractivity contribution in [3.05, 3.63) is 0 Å². The fourth-order valence-corrected chi connectivity index (χ4v) is 3.56. The predicted molar refractivity (Wildman–Crippen MR) is 97.0 cm³/mol. The molecule has 1 heterocycles. The van der Waals surface area contributed by atoms with Crippen LogP contribution in [0.3, 0.4) is 0 Å². The molecule has 1 saturated heterocycles. The van der Waals surface area contributed by atoms with E-state index in [0.717, 1.165) is 19.4 Å². The van der Waals surface area contributed by atoms with Gasteiger partial charge in [-0.15, -0.1) is 0 Å². The molecule has 0 aromatic rings. The molecule has 5 nitrogen and oxygen atoms in total. The number of likely N-dealkylation sites (tertiary alicyclic amines) is 1. The van der Waals surface area contributed by atoms with E-state index in [2.05, 4.69) is 27.7 Å². The van der Waals surface area contributed by atoms with Crippen LogP contribution in [0.25, 0.3) is 0 Å². The molecule has 0 spiro atoms. The first-order valence-corrected chi connectivity index (χ1v) is 9.07. The Hall–Kier alpha value is -1.10. The molecular weight excluding hydrogens is 306 g/mol. The third-order valence-corrected chi connectivity index (χ3v) is 4.43. The van der Waals surface area contributed by atoms with Crippen LogP contribution in [0.4, 0.5) is 0 Å². The molecule has 1 N–H and O–H groups in total. The van der Waals surface area contributed by atoms with Crippen molar-refractivity contribution in [1.82, 2.24) is 4.90 Å². The van der Waals surface area contributed by atoms with Gasteiger partial charge in [0.05, 0.1) is 6.10 Å². The van der Waals surface area contributed by atoms with Crippen molar-refractivity contribution in [2.75, 3.05) is 20.2 Å². The molecular formula is C19H37NO4. The van der Waals surface area contributed by atoms with Gasteiger partial charge in [-0.1, -0.05) is 41.5 Å². The molecule has 0 bridgehead atoms. The molecule has 0 aliphatic carbocycles. The lowest BCUT2D eigenvalue weighted by Crippen LogP contribution is -2.35. The van der Waals surface area contributed by atoms with E-state index in [1.165, 1.54) is 0 Å². The van der Waals surface area contributed by atoms with Gasteiger partial charge in [0.1, 0.15) is 0 Å². The molecule has 1 amide bonds. The second-order valence-electron chi connectivity index (χ2n) is 8.06. The number of carboxylic acid groups (broad SMARTS) is 1. The minimum atomic E-state index is -0.760. The number of amides is 1. The summed E-state index contributed by atoms with van der Waals surface area (Å²) < 4.78 is 5.31. The highest BCUT2D eigenvalue weighted by molar-refractivity contribution is 5.77. The molecule has 1 unspecified atom stereocenters. The molecule has 1 atom stereocenters. The Kier molecular flexibility index (Phi) is 9.56. The van der Waals surface area contributed by atoms with Crippen molar-refractivity contribution >= 4 is 11.9 Å². The Bertz CT molecular complexity index is 404. The zero-order chi connectivity index (χ0) is 19.0. The predicted octanol–water partition coefficient (Wildman–Crippen LogP) is 3.96. The number of nitrogens with zero attached hydrogens (tertiary/aromatic N) is 1. The Morgan fingerprint density at radius 2 is 1.75 bits per heavy atom. The average molecular weight is 344 g/mol. The van der Waals surface area contributed by atoms with Gasteiger partial charge in [-0.25, -0.2) is 0 Å².